The summed E-state index contributed by atoms with van der Waals surface area (Å²) >= 11 is 1.27. The molecule has 1 fully saturated rings. The van der Waals surface area contributed by atoms with E-state index in [1.807, 2.05) is 6.92 Å². The van der Waals surface area contributed by atoms with Crippen LogP contribution in [0.15, 0.2) is 16.3 Å². The van der Waals surface area contributed by atoms with Crippen molar-refractivity contribution in [2.75, 3.05) is 0 Å². The Morgan fingerprint density at radius 1 is 1.57 bits per heavy atom. The van der Waals surface area contributed by atoms with Gasteiger partial charge in [-0.25, -0.2) is 13.1 Å². The van der Waals surface area contributed by atoms with Gasteiger partial charge in [-0.15, -0.1) is 11.3 Å². The number of sulfonamides is 1. The van der Waals surface area contributed by atoms with Gasteiger partial charge in [0.15, 0.2) is 0 Å². The lowest BCUT2D eigenvalue weighted by molar-refractivity contribution is 0.582. The van der Waals surface area contributed by atoms with Crippen molar-refractivity contribution in [1.29, 1.82) is 0 Å². The van der Waals surface area contributed by atoms with Crippen molar-refractivity contribution < 1.29 is 8.42 Å². The van der Waals surface area contributed by atoms with Crippen molar-refractivity contribution in [2.24, 2.45) is 5.73 Å². The molecule has 0 aliphatic heterocycles. The number of nitrogens with one attached hydrogen (secondary N) is 1. The molecule has 0 amide bonds. The quantitative estimate of drug-likeness (QED) is 0.794. The molecule has 2 unspecified atom stereocenters. The van der Waals surface area contributed by atoms with Crippen LogP contribution in [0.5, 0.6) is 0 Å². The molecule has 2 atom stereocenters. The second-order valence-corrected chi connectivity index (χ2v) is 6.72. The van der Waals surface area contributed by atoms with Crippen LogP contribution in [0.4, 0.5) is 0 Å². The van der Waals surface area contributed by atoms with Crippen molar-refractivity contribution >= 4 is 21.4 Å². The van der Waals surface area contributed by atoms with Gasteiger partial charge >= 0.3 is 0 Å². The van der Waals surface area contributed by atoms with Crippen LogP contribution in [0.2, 0.25) is 0 Å². The molecule has 2 rings (SSSR count). The largest absolute Gasteiger partial charge is 0.326 e. The van der Waals surface area contributed by atoms with Gasteiger partial charge in [-0.1, -0.05) is 0 Å². The molecule has 1 heterocycles. The number of rotatable bonds is 3. The molecule has 3 N–H and O–H groups in total. The zero-order valence-corrected chi connectivity index (χ0v) is 9.36. The van der Waals surface area contributed by atoms with Crippen LogP contribution in [-0.2, 0) is 10.0 Å². The van der Waals surface area contributed by atoms with Gasteiger partial charge in [0.05, 0.1) is 0 Å². The zero-order chi connectivity index (χ0) is 10.3. The Balaban J connectivity index is 2.16. The summed E-state index contributed by atoms with van der Waals surface area (Å²) < 4.78 is 26.3. The van der Waals surface area contributed by atoms with E-state index in [0.717, 1.165) is 11.3 Å². The van der Waals surface area contributed by atoms with Gasteiger partial charge in [0.25, 0.3) is 0 Å². The summed E-state index contributed by atoms with van der Waals surface area (Å²) in [4.78, 5) is 0.991. The summed E-state index contributed by atoms with van der Waals surface area (Å²) in [6, 6.07) is 3.34. The predicted molar refractivity (Wildman–Crippen MR) is 55.8 cm³/mol. The van der Waals surface area contributed by atoms with E-state index in [-0.39, 0.29) is 12.1 Å². The lowest BCUT2D eigenvalue weighted by Gasteiger charge is -2.01. The van der Waals surface area contributed by atoms with E-state index < -0.39 is 10.0 Å². The van der Waals surface area contributed by atoms with Gasteiger partial charge in [0.1, 0.15) is 4.21 Å². The Hall–Kier alpha value is -0.430. The fraction of sp³-hybridized carbons (Fsp3) is 0.500. The average Bonchev–Trinajstić information content (AvgIpc) is 2.61. The highest BCUT2D eigenvalue weighted by atomic mass is 32.2. The molecule has 0 radical (unpaired) electrons. The van der Waals surface area contributed by atoms with Gasteiger partial charge in [0.2, 0.25) is 10.0 Å². The lowest BCUT2D eigenvalue weighted by atomic mass is 10.5. The third-order valence-electron chi connectivity index (χ3n) is 2.13. The molecule has 4 nitrogen and oxygen atoms in total. The smallest absolute Gasteiger partial charge is 0.250 e. The van der Waals surface area contributed by atoms with Gasteiger partial charge < -0.3 is 5.73 Å². The first-order valence-corrected chi connectivity index (χ1v) is 6.63. The number of thiophene rings is 1. The molecule has 1 aliphatic carbocycles. The second-order valence-electron chi connectivity index (χ2n) is 3.49. The van der Waals surface area contributed by atoms with Crippen molar-refractivity contribution in [2.45, 2.75) is 29.6 Å². The summed E-state index contributed by atoms with van der Waals surface area (Å²) in [5.41, 5.74) is 5.53. The van der Waals surface area contributed by atoms with Gasteiger partial charge in [-0.2, -0.15) is 0 Å². The first-order valence-electron chi connectivity index (χ1n) is 4.33. The molecule has 14 heavy (non-hydrogen) atoms. The first kappa shape index (κ1) is 10.1. The number of nitrogens with two attached hydrogens (primary N) is 1. The maximum atomic E-state index is 11.7. The predicted octanol–water partition coefficient (Wildman–Crippen LogP) is 0.434. The van der Waals surface area contributed by atoms with Crippen LogP contribution in [0, 0.1) is 6.92 Å². The van der Waals surface area contributed by atoms with Crippen molar-refractivity contribution in [3.63, 3.8) is 0 Å². The van der Waals surface area contributed by atoms with Gasteiger partial charge in [0, 0.05) is 17.0 Å². The SMILES string of the molecule is Cc1ccc(S(=O)(=O)NC2CC2N)s1. The average molecular weight is 232 g/mol. The molecule has 1 aromatic rings. The second kappa shape index (κ2) is 3.30. The molecular weight excluding hydrogens is 220 g/mol. The third kappa shape index (κ3) is 1.98. The number of hydrogen-bond donors (Lipinski definition) is 2. The van der Waals surface area contributed by atoms with Crippen LogP contribution in [0.3, 0.4) is 0 Å². The number of hydrogen-bond acceptors (Lipinski definition) is 4. The summed E-state index contributed by atoms with van der Waals surface area (Å²) in [7, 11) is -3.32. The topological polar surface area (TPSA) is 72.2 Å². The molecule has 0 bridgehead atoms. The van der Waals surface area contributed by atoms with Crippen LogP contribution >= 0.6 is 11.3 Å². The normalized spacial score (nSPS) is 26.4. The van der Waals surface area contributed by atoms with E-state index in [9.17, 15) is 8.42 Å². The molecule has 1 aliphatic rings. The van der Waals surface area contributed by atoms with E-state index in [1.54, 1.807) is 12.1 Å². The first-order chi connectivity index (χ1) is 6.49. The van der Waals surface area contributed by atoms with Crippen LogP contribution < -0.4 is 10.5 Å². The fourth-order valence-electron chi connectivity index (χ4n) is 1.16. The van der Waals surface area contributed by atoms with E-state index in [1.165, 1.54) is 11.3 Å². The van der Waals surface area contributed by atoms with Crippen LogP contribution in [0.25, 0.3) is 0 Å². The van der Waals surface area contributed by atoms with Crippen LogP contribution in [0.1, 0.15) is 11.3 Å². The summed E-state index contributed by atoms with van der Waals surface area (Å²) in [6.07, 6.45) is 0.740. The molecule has 0 aromatic carbocycles. The van der Waals surface area contributed by atoms with Gasteiger partial charge in [-0.05, 0) is 25.5 Å². The summed E-state index contributed by atoms with van der Waals surface area (Å²) in [5, 5.41) is 0. The Labute approximate surface area is 87.2 Å². The maximum Gasteiger partial charge on any atom is 0.250 e. The molecular formula is C8H12N2O2S2. The summed E-state index contributed by atoms with van der Waals surface area (Å²) in [5.74, 6) is 0. The van der Waals surface area contributed by atoms with Crippen LogP contribution in [-0.4, -0.2) is 20.5 Å². The molecule has 6 heteroatoms. The number of aryl methyl sites for hydroxylation is 1. The van der Waals surface area contributed by atoms with Crippen molar-refractivity contribution in [3.05, 3.63) is 17.0 Å². The van der Waals surface area contributed by atoms with Crippen molar-refractivity contribution in [1.82, 2.24) is 4.72 Å². The maximum absolute atomic E-state index is 11.7. The molecule has 1 saturated carbocycles. The molecule has 78 valence electrons. The standard InChI is InChI=1S/C8H12N2O2S2/c1-5-2-3-8(13-5)14(11,12)10-7-4-6(7)9/h2-3,6-7,10H,4,9H2,1H3. The fourth-order valence-corrected chi connectivity index (χ4v) is 3.76. The Morgan fingerprint density at radius 2 is 2.21 bits per heavy atom. The minimum atomic E-state index is -3.32. The van der Waals surface area contributed by atoms with E-state index in [2.05, 4.69) is 4.72 Å². The molecule has 0 spiro atoms. The van der Waals surface area contributed by atoms with Gasteiger partial charge in [-0.3, -0.25) is 0 Å². The minimum absolute atomic E-state index is 0.00849. The Morgan fingerprint density at radius 3 is 2.64 bits per heavy atom. The van der Waals surface area contributed by atoms with E-state index >= 15 is 0 Å². The zero-order valence-electron chi connectivity index (χ0n) is 7.73. The molecule has 0 saturated heterocycles. The third-order valence-corrected chi connectivity index (χ3v) is 5.11. The molecule has 1 aromatic heterocycles. The highest BCUT2D eigenvalue weighted by Crippen LogP contribution is 2.25. The highest BCUT2D eigenvalue weighted by Gasteiger charge is 2.37. The van der Waals surface area contributed by atoms with E-state index in [0.29, 0.717) is 4.21 Å². The highest BCUT2D eigenvalue weighted by molar-refractivity contribution is 7.91. The summed E-state index contributed by atoms with van der Waals surface area (Å²) in [6.45, 7) is 1.88. The van der Waals surface area contributed by atoms with E-state index in [4.69, 9.17) is 5.73 Å². The minimum Gasteiger partial charge on any atom is -0.326 e. The lowest BCUT2D eigenvalue weighted by Crippen LogP contribution is -2.29. The Bertz CT molecular complexity index is 438. The monoisotopic (exact) mass is 232 g/mol. The van der Waals surface area contributed by atoms with Crippen molar-refractivity contribution in [3.8, 4) is 0 Å². The Kier molecular flexibility index (Phi) is 2.38.